The predicted octanol–water partition coefficient (Wildman–Crippen LogP) is 2.93. The maximum absolute atomic E-state index is 13.0. The van der Waals surface area contributed by atoms with Gasteiger partial charge in [-0.15, -0.1) is 11.8 Å². The molecule has 0 saturated heterocycles. The second-order valence-electron chi connectivity index (χ2n) is 3.87. The van der Waals surface area contributed by atoms with Crippen LogP contribution in [0.5, 0.6) is 0 Å². The first-order valence-corrected chi connectivity index (χ1v) is 6.85. The first kappa shape index (κ1) is 14.5. The summed E-state index contributed by atoms with van der Waals surface area (Å²) >= 11 is 1.65. The standard InChI is InChI=1S/C13H20FNOS/c1-3-7-15-12(9-16-2)10-17-13-6-4-5-11(14)8-13/h4-6,8,12,15H,3,7,9-10H2,1-2H3. The molecular weight excluding hydrogens is 237 g/mol. The first-order valence-electron chi connectivity index (χ1n) is 5.87. The van der Waals surface area contributed by atoms with Crippen LogP contribution in [0.3, 0.4) is 0 Å². The number of benzene rings is 1. The highest BCUT2D eigenvalue weighted by atomic mass is 32.2. The second-order valence-corrected chi connectivity index (χ2v) is 4.97. The van der Waals surface area contributed by atoms with Crippen LogP contribution in [-0.4, -0.2) is 32.1 Å². The summed E-state index contributed by atoms with van der Waals surface area (Å²) in [6, 6.07) is 7.01. The summed E-state index contributed by atoms with van der Waals surface area (Å²) in [5.41, 5.74) is 0. The van der Waals surface area contributed by atoms with Gasteiger partial charge in [-0.3, -0.25) is 0 Å². The van der Waals surface area contributed by atoms with Crippen molar-refractivity contribution < 1.29 is 9.13 Å². The van der Waals surface area contributed by atoms with Crippen molar-refractivity contribution in [1.82, 2.24) is 5.32 Å². The summed E-state index contributed by atoms with van der Waals surface area (Å²) < 4.78 is 18.2. The van der Waals surface area contributed by atoms with Gasteiger partial charge in [0.1, 0.15) is 5.82 Å². The fourth-order valence-electron chi connectivity index (χ4n) is 1.47. The molecule has 1 aromatic carbocycles. The molecule has 1 unspecified atom stereocenters. The highest BCUT2D eigenvalue weighted by Crippen LogP contribution is 2.19. The maximum Gasteiger partial charge on any atom is 0.124 e. The Morgan fingerprint density at radius 2 is 2.29 bits per heavy atom. The Kier molecular flexibility index (Phi) is 7.24. The first-order chi connectivity index (χ1) is 8.26. The molecule has 0 bridgehead atoms. The smallest absolute Gasteiger partial charge is 0.124 e. The van der Waals surface area contributed by atoms with Gasteiger partial charge in [-0.25, -0.2) is 4.39 Å². The van der Waals surface area contributed by atoms with E-state index in [0.29, 0.717) is 12.6 Å². The number of halogens is 1. The molecule has 0 aromatic heterocycles. The van der Waals surface area contributed by atoms with E-state index in [1.807, 2.05) is 6.07 Å². The summed E-state index contributed by atoms with van der Waals surface area (Å²) in [5.74, 6) is 0.705. The van der Waals surface area contributed by atoms with Crippen LogP contribution in [0.15, 0.2) is 29.2 Å². The minimum absolute atomic E-state index is 0.181. The fourth-order valence-corrected chi connectivity index (χ4v) is 2.45. The number of nitrogens with one attached hydrogen (secondary N) is 1. The van der Waals surface area contributed by atoms with Crippen molar-refractivity contribution in [2.75, 3.05) is 26.0 Å². The molecule has 0 saturated carbocycles. The van der Waals surface area contributed by atoms with E-state index in [1.54, 1.807) is 31.0 Å². The number of thioether (sulfide) groups is 1. The molecule has 17 heavy (non-hydrogen) atoms. The minimum atomic E-state index is -0.181. The maximum atomic E-state index is 13.0. The Morgan fingerprint density at radius 3 is 2.94 bits per heavy atom. The van der Waals surface area contributed by atoms with Crippen LogP contribution >= 0.6 is 11.8 Å². The average molecular weight is 257 g/mol. The molecule has 0 fully saturated rings. The average Bonchev–Trinajstić information content (AvgIpc) is 2.33. The van der Waals surface area contributed by atoms with Crippen molar-refractivity contribution in [2.45, 2.75) is 24.3 Å². The van der Waals surface area contributed by atoms with Crippen LogP contribution in [0.1, 0.15) is 13.3 Å². The van der Waals surface area contributed by atoms with E-state index in [0.717, 1.165) is 23.6 Å². The van der Waals surface area contributed by atoms with Gasteiger partial charge in [0.25, 0.3) is 0 Å². The summed E-state index contributed by atoms with van der Waals surface area (Å²) in [6.45, 7) is 3.80. The van der Waals surface area contributed by atoms with Crippen molar-refractivity contribution in [1.29, 1.82) is 0 Å². The minimum Gasteiger partial charge on any atom is -0.383 e. The number of ether oxygens (including phenoxy) is 1. The Morgan fingerprint density at radius 1 is 1.47 bits per heavy atom. The van der Waals surface area contributed by atoms with E-state index in [-0.39, 0.29) is 5.82 Å². The van der Waals surface area contributed by atoms with Crippen molar-refractivity contribution in [3.8, 4) is 0 Å². The number of hydrogen-bond donors (Lipinski definition) is 1. The molecule has 0 aliphatic heterocycles. The van der Waals surface area contributed by atoms with E-state index in [2.05, 4.69) is 12.2 Å². The zero-order valence-corrected chi connectivity index (χ0v) is 11.2. The summed E-state index contributed by atoms with van der Waals surface area (Å²) in [7, 11) is 1.70. The van der Waals surface area contributed by atoms with Gasteiger partial charge in [0, 0.05) is 23.8 Å². The highest BCUT2D eigenvalue weighted by Gasteiger charge is 2.08. The highest BCUT2D eigenvalue weighted by molar-refractivity contribution is 7.99. The van der Waals surface area contributed by atoms with E-state index >= 15 is 0 Å². The fraction of sp³-hybridized carbons (Fsp3) is 0.538. The molecule has 0 radical (unpaired) electrons. The van der Waals surface area contributed by atoms with Gasteiger partial charge in [-0.2, -0.15) is 0 Å². The summed E-state index contributed by atoms with van der Waals surface area (Å²) in [5, 5.41) is 3.42. The molecule has 2 nitrogen and oxygen atoms in total. The lowest BCUT2D eigenvalue weighted by molar-refractivity contribution is 0.174. The van der Waals surface area contributed by atoms with Crippen molar-refractivity contribution >= 4 is 11.8 Å². The van der Waals surface area contributed by atoms with Gasteiger partial charge in [-0.1, -0.05) is 13.0 Å². The lowest BCUT2D eigenvalue weighted by atomic mass is 10.3. The second kappa shape index (κ2) is 8.50. The Bertz CT molecular complexity index is 322. The van der Waals surface area contributed by atoms with Gasteiger partial charge in [0.2, 0.25) is 0 Å². The third kappa shape index (κ3) is 6.05. The van der Waals surface area contributed by atoms with Gasteiger partial charge < -0.3 is 10.1 Å². The van der Waals surface area contributed by atoms with Crippen LogP contribution in [0.2, 0.25) is 0 Å². The van der Waals surface area contributed by atoms with Crippen LogP contribution in [0, 0.1) is 5.82 Å². The largest absolute Gasteiger partial charge is 0.383 e. The molecule has 0 amide bonds. The summed E-state index contributed by atoms with van der Waals surface area (Å²) in [6.07, 6.45) is 1.10. The van der Waals surface area contributed by atoms with Crippen LogP contribution in [0.25, 0.3) is 0 Å². The summed E-state index contributed by atoms with van der Waals surface area (Å²) in [4.78, 5) is 0.962. The van der Waals surface area contributed by atoms with E-state index in [9.17, 15) is 4.39 Å². The van der Waals surface area contributed by atoms with Crippen molar-refractivity contribution in [3.63, 3.8) is 0 Å². The zero-order chi connectivity index (χ0) is 12.5. The zero-order valence-electron chi connectivity index (χ0n) is 10.4. The molecule has 96 valence electrons. The molecule has 0 aliphatic rings. The van der Waals surface area contributed by atoms with Gasteiger partial charge in [0.05, 0.1) is 6.61 Å². The Labute approximate surface area is 107 Å². The quantitative estimate of drug-likeness (QED) is 0.724. The number of methoxy groups -OCH3 is 1. The molecule has 0 aliphatic carbocycles. The van der Waals surface area contributed by atoms with E-state index < -0.39 is 0 Å². The molecule has 0 spiro atoms. The topological polar surface area (TPSA) is 21.3 Å². The van der Waals surface area contributed by atoms with E-state index in [4.69, 9.17) is 4.74 Å². The predicted molar refractivity (Wildman–Crippen MR) is 71.1 cm³/mol. The van der Waals surface area contributed by atoms with E-state index in [1.165, 1.54) is 6.07 Å². The van der Waals surface area contributed by atoms with Crippen molar-refractivity contribution in [3.05, 3.63) is 30.1 Å². The third-order valence-electron chi connectivity index (χ3n) is 2.30. The van der Waals surface area contributed by atoms with Crippen LogP contribution in [0.4, 0.5) is 4.39 Å². The molecule has 1 N–H and O–H groups in total. The Hall–Kier alpha value is -0.580. The SMILES string of the molecule is CCCNC(COC)CSc1cccc(F)c1. The molecule has 0 heterocycles. The van der Waals surface area contributed by atoms with Crippen molar-refractivity contribution in [2.24, 2.45) is 0 Å². The molecule has 1 atom stereocenters. The monoisotopic (exact) mass is 257 g/mol. The molecule has 1 rings (SSSR count). The lowest BCUT2D eigenvalue weighted by Gasteiger charge is -2.17. The normalized spacial score (nSPS) is 12.6. The molecular formula is C13H20FNOS. The third-order valence-corrected chi connectivity index (χ3v) is 3.45. The number of hydrogen-bond acceptors (Lipinski definition) is 3. The van der Waals surface area contributed by atoms with Gasteiger partial charge in [0.15, 0.2) is 0 Å². The van der Waals surface area contributed by atoms with Crippen LogP contribution in [-0.2, 0) is 4.74 Å². The Balaban J connectivity index is 2.39. The van der Waals surface area contributed by atoms with Gasteiger partial charge in [-0.05, 0) is 31.2 Å². The number of rotatable bonds is 8. The van der Waals surface area contributed by atoms with Gasteiger partial charge >= 0.3 is 0 Å². The lowest BCUT2D eigenvalue weighted by Crippen LogP contribution is -2.35. The molecule has 4 heteroatoms. The molecule has 1 aromatic rings. The van der Waals surface area contributed by atoms with Crippen LogP contribution < -0.4 is 5.32 Å².